The SMILES string of the molecule is CC(C)(C)OC(=O)Nc1ccc(C(Cl)=NO)cc1. The van der Waals surface area contributed by atoms with Crippen LogP contribution in [0, 0.1) is 0 Å². The maximum Gasteiger partial charge on any atom is 0.412 e. The predicted molar refractivity (Wildman–Crippen MR) is 70.5 cm³/mol. The molecular weight excluding hydrogens is 256 g/mol. The number of carbonyl (C=O) groups is 1. The van der Waals surface area contributed by atoms with Gasteiger partial charge in [0.15, 0.2) is 5.17 Å². The third-order valence-electron chi connectivity index (χ3n) is 1.86. The number of benzene rings is 1. The van der Waals surface area contributed by atoms with Crippen molar-refractivity contribution in [3.63, 3.8) is 0 Å². The van der Waals surface area contributed by atoms with E-state index in [1.165, 1.54) is 0 Å². The Labute approximate surface area is 110 Å². The van der Waals surface area contributed by atoms with Crippen molar-refractivity contribution in [1.29, 1.82) is 0 Å². The molecule has 5 nitrogen and oxygen atoms in total. The van der Waals surface area contributed by atoms with Crippen LogP contribution in [0.1, 0.15) is 26.3 Å². The number of ether oxygens (including phenoxy) is 1. The largest absolute Gasteiger partial charge is 0.444 e. The number of halogens is 1. The van der Waals surface area contributed by atoms with Crippen molar-refractivity contribution in [2.45, 2.75) is 26.4 Å². The number of rotatable bonds is 2. The van der Waals surface area contributed by atoms with Crippen molar-refractivity contribution in [3.05, 3.63) is 29.8 Å². The summed E-state index contributed by atoms with van der Waals surface area (Å²) in [4.78, 5) is 11.5. The molecular formula is C12H15ClN2O3. The van der Waals surface area contributed by atoms with Crippen LogP contribution < -0.4 is 5.32 Å². The third-order valence-corrected chi connectivity index (χ3v) is 2.15. The fourth-order valence-electron chi connectivity index (χ4n) is 1.17. The van der Waals surface area contributed by atoms with Gasteiger partial charge in [-0.25, -0.2) is 4.79 Å². The maximum absolute atomic E-state index is 11.5. The van der Waals surface area contributed by atoms with Gasteiger partial charge in [-0.1, -0.05) is 16.8 Å². The smallest absolute Gasteiger partial charge is 0.412 e. The molecule has 0 radical (unpaired) electrons. The molecule has 0 saturated carbocycles. The molecule has 1 rings (SSSR count). The minimum Gasteiger partial charge on any atom is -0.444 e. The van der Waals surface area contributed by atoms with E-state index in [0.29, 0.717) is 11.3 Å². The first kappa shape index (κ1) is 14.3. The zero-order chi connectivity index (χ0) is 13.8. The minimum atomic E-state index is -0.545. The van der Waals surface area contributed by atoms with Crippen LogP contribution in [0.2, 0.25) is 0 Å². The lowest BCUT2D eigenvalue weighted by atomic mass is 10.2. The average Bonchev–Trinajstić information content (AvgIpc) is 2.26. The highest BCUT2D eigenvalue weighted by Gasteiger charge is 2.16. The van der Waals surface area contributed by atoms with Gasteiger partial charge in [0.05, 0.1) is 0 Å². The molecule has 0 aliphatic carbocycles. The fourth-order valence-corrected chi connectivity index (χ4v) is 1.30. The molecule has 0 fully saturated rings. The van der Waals surface area contributed by atoms with Crippen LogP contribution >= 0.6 is 11.6 Å². The topological polar surface area (TPSA) is 70.9 Å². The molecule has 0 aromatic heterocycles. The van der Waals surface area contributed by atoms with Gasteiger partial charge in [-0.15, -0.1) is 0 Å². The van der Waals surface area contributed by atoms with Crippen molar-refractivity contribution in [1.82, 2.24) is 0 Å². The van der Waals surface area contributed by atoms with Crippen molar-refractivity contribution in [2.24, 2.45) is 5.16 Å². The summed E-state index contributed by atoms with van der Waals surface area (Å²) < 4.78 is 5.10. The number of nitrogens with zero attached hydrogens (tertiary/aromatic N) is 1. The van der Waals surface area contributed by atoms with Crippen LogP contribution in [0.5, 0.6) is 0 Å². The van der Waals surface area contributed by atoms with Crippen molar-refractivity contribution < 1.29 is 14.7 Å². The molecule has 0 aliphatic rings. The zero-order valence-electron chi connectivity index (χ0n) is 10.4. The number of hydrogen-bond acceptors (Lipinski definition) is 4. The first-order chi connectivity index (χ1) is 8.31. The Bertz CT molecular complexity index is 449. The van der Waals surface area contributed by atoms with Gasteiger partial charge in [0, 0.05) is 11.3 Å². The van der Waals surface area contributed by atoms with Gasteiger partial charge < -0.3 is 9.94 Å². The number of amides is 1. The second-order valence-electron chi connectivity index (χ2n) is 4.60. The first-order valence-corrected chi connectivity index (χ1v) is 5.67. The van der Waals surface area contributed by atoms with Crippen LogP contribution in [0.4, 0.5) is 10.5 Å². The van der Waals surface area contributed by atoms with Gasteiger partial charge in [0.25, 0.3) is 0 Å². The summed E-state index contributed by atoms with van der Waals surface area (Å²) in [6.45, 7) is 5.35. The summed E-state index contributed by atoms with van der Waals surface area (Å²) in [5, 5.41) is 13.9. The van der Waals surface area contributed by atoms with E-state index < -0.39 is 11.7 Å². The van der Waals surface area contributed by atoms with Crippen LogP contribution in [0.15, 0.2) is 29.4 Å². The van der Waals surface area contributed by atoms with Gasteiger partial charge in [-0.3, -0.25) is 5.32 Å². The van der Waals surface area contributed by atoms with E-state index in [1.54, 1.807) is 45.0 Å². The molecule has 2 N–H and O–H groups in total. The number of hydrogen-bond donors (Lipinski definition) is 2. The fraction of sp³-hybridized carbons (Fsp3) is 0.333. The minimum absolute atomic E-state index is 0.0150. The van der Waals surface area contributed by atoms with E-state index >= 15 is 0 Å². The molecule has 0 spiro atoms. The molecule has 0 heterocycles. The summed E-state index contributed by atoms with van der Waals surface area (Å²) in [6.07, 6.45) is -0.530. The Morgan fingerprint density at radius 2 is 1.89 bits per heavy atom. The number of carbonyl (C=O) groups excluding carboxylic acids is 1. The third kappa shape index (κ3) is 4.63. The maximum atomic E-state index is 11.5. The molecule has 98 valence electrons. The monoisotopic (exact) mass is 270 g/mol. The molecule has 1 amide bonds. The van der Waals surface area contributed by atoms with E-state index in [4.69, 9.17) is 21.5 Å². The van der Waals surface area contributed by atoms with Crippen molar-refractivity contribution in [3.8, 4) is 0 Å². The Balaban J connectivity index is 2.67. The summed E-state index contributed by atoms with van der Waals surface area (Å²) >= 11 is 5.62. The highest BCUT2D eigenvalue weighted by Crippen LogP contribution is 2.14. The number of oxime groups is 1. The molecule has 1 aromatic carbocycles. The van der Waals surface area contributed by atoms with E-state index in [2.05, 4.69) is 10.5 Å². The first-order valence-electron chi connectivity index (χ1n) is 5.30. The van der Waals surface area contributed by atoms with Crippen molar-refractivity contribution in [2.75, 3.05) is 5.32 Å². The Hall–Kier alpha value is -1.75. The second kappa shape index (κ2) is 5.73. The molecule has 1 aromatic rings. The number of nitrogens with one attached hydrogen (secondary N) is 1. The zero-order valence-corrected chi connectivity index (χ0v) is 11.2. The highest BCUT2D eigenvalue weighted by molar-refractivity contribution is 6.69. The quantitative estimate of drug-likeness (QED) is 0.491. The van der Waals surface area contributed by atoms with Crippen LogP contribution in [0.25, 0.3) is 0 Å². The van der Waals surface area contributed by atoms with E-state index in [1.807, 2.05) is 0 Å². The summed E-state index contributed by atoms with van der Waals surface area (Å²) in [5.74, 6) is 0. The summed E-state index contributed by atoms with van der Waals surface area (Å²) in [5.41, 5.74) is 0.570. The molecule has 18 heavy (non-hydrogen) atoms. The van der Waals surface area contributed by atoms with E-state index in [0.717, 1.165) is 0 Å². The second-order valence-corrected chi connectivity index (χ2v) is 4.95. The Kier molecular flexibility index (Phi) is 4.55. The summed E-state index contributed by atoms with van der Waals surface area (Å²) in [6, 6.07) is 6.50. The van der Waals surface area contributed by atoms with E-state index in [9.17, 15) is 4.79 Å². The van der Waals surface area contributed by atoms with Gasteiger partial charge in [-0.05, 0) is 45.0 Å². The Morgan fingerprint density at radius 3 is 2.33 bits per heavy atom. The van der Waals surface area contributed by atoms with E-state index in [-0.39, 0.29) is 5.17 Å². The average molecular weight is 271 g/mol. The lowest BCUT2D eigenvalue weighted by Gasteiger charge is -2.19. The van der Waals surface area contributed by atoms with Gasteiger partial charge in [-0.2, -0.15) is 0 Å². The molecule has 0 unspecified atom stereocenters. The van der Waals surface area contributed by atoms with Gasteiger partial charge in [0.2, 0.25) is 0 Å². The lowest BCUT2D eigenvalue weighted by Crippen LogP contribution is -2.27. The predicted octanol–water partition coefficient (Wildman–Crippen LogP) is 3.41. The van der Waals surface area contributed by atoms with Crippen LogP contribution in [0.3, 0.4) is 0 Å². The standard InChI is InChI=1S/C12H15ClN2O3/c1-12(2,3)18-11(16)14-9-6-4-8(5-7-9)10(13)15-17/h4-7,17H,1-3H3,(H,14,16). The number of anilines is 1. The molecule has 0 atom stereocenters. The van der Waals surface area contributed by atoms with Gasteiger partial charge >= 0.3 is 6.09 Å². The van der Waals surface area contributed by atoms with Gasteiger partial charge in [0.1, 0.15) is 5.60 Å². The van der Waals surface area contributed by atoms with Crippen LogP contribution in [-0.4, -0.2) is 22.1 Å². The molecule has 0 aliphatic heterocycles. The van der Waals surface area contributed by atoms with Crippen molar-refractivity contribution >= 4 is 28.6 Å². The summed E-state index contributed by atoms with van der Waals surface area (Å²) in [7, 11) is 0. The Morgan fingerprint density at radius 1 is 1.33 bits per heavy atom. The molecule has 0 bridgehead atoms. The highest BCUT2D eigenvalue weighted by atomic mass is 35.5. The normalized spacial score (nSPS) is 12.1. The lowest BCUT2D eigenvalue weighted by molar-refractivity contribution is 0.0636. The molecule has 6 heteroatoms. The van der Waals surface area contributed by atoms with Crippen LogP contribution in [-0.2, 0) is 4.74 Å². The molecule has 0 saturated heterocycles.